The predicted octanol–water partition coefficient (Wildman–Crippen LogP) is 5.56. The number of nitro groups is 1. The molecule has 7 amide bonds. The van der Waals surface area contributed by atoms with Crippen LogP contribution in [0.1, 0.15) is 130 Å². The second-order valence-corrected chi connectivity index (χ2v) is 19.7. The number of ether oxygens (including phenoxy) is 1. The lowest BCUT2D eigenvalue weighted by Gasteiger charge is -2.33. The normalized spacial score (nSPS) is 21.6. The largest absolute Gasteiger partial charge is 0.464 e. The van der Waals surface area contributed by atoms with Crippen molar-refractivity contribution in [3.8, 4) is 0 Å². The van der Waals surface area contributed by atoms with Crippen molar-refractivity contribution in [2.45, 2.75) is 114 Å². The molecule has 1 saturated heterocycles. The summed E-state index contributed by atoms with van der Waals surface area (Å²) in [6.07, 6.45) is 5.06. The molecular formula is C55H63N11O11. The average molecular weight is 1050 g/mol. The van der Waals surface area contributed by atoms with Gasteiger partial charge >= 0.3 is 5.97 Å². The number of likely N-dealkylation sites (tertiary alicyclic amines) is 1. The zero-order chi connectivity index (χ0) is 54.6. The van der Waals surface area contributed by atoms with Gasteiger partial charge in [0.15, 0.2) is 0 Å². The molecule has 4 aliphatic rings. The van der Waals surface area contributed by atoms with E-state index >= 15 is 0 Å². The molecule has 8 rings (SSSR count). The number of nitro benzene ring substituents is 1. The highest BCUT2D eigenvalue weighted by molar-refractivity contribution is 6.05. The van der Waals surface area contributed by atoms with Crippen LogP contribution in [0.4, 0.5) is 22.7 Å². The first-order chi connectivity index (χ1) is 37.1. The van der Waals surface area contributed by atoms with Crippen molar-refractivity contribution in [3.63, 3.8) is 0 Å². The van der Waals surface area contributed by atoms with Gasteiger partial charge < -0.3 is 46.4 Å². The number of esters is 1. The number of nitrogens with one attached hydrogen (secondary N) is 6. The Balaban J connectivity index is 0.899. The van der Waals surface area contributed by atoms with Crippen molar-refractivity contribution in [1.82, 2.24) is 36.8 Å². The summed E-state index contributed by atoms with van der Waals surface area (Å²) in [4.78, 5) is 123. The third-order valence-electron chi connectivity index (χ3n) is 14.4. The molecular weight excluding hydrogens is 991 g/mol. The smallest absolute Gasteiger partial charge is 0.306 e. The van der Waals surface area contributed by atoms with Gasteiger partial charge in [-0.3, -0.25) is 48.5 Å². The topological polar surface area (TPSA) is 292 Å². The molecule has 3 fully saturated rings. The molecule has 0 radical (unpaired) electrons. The minimum atomic E-state index is -0.805. The Kier molecular flexibility index (Phi) is 18.0. The molecule has 2 aliphatic carbocycles. The number of benzene rings is 4. The summed E-state index contributed by atoms with van der Waals surface area (Å²) in [6, 6.07) is 20.1. The molecule has 4 aromatic rings. The van der Waals surface area contributed by atoms with E-state index < -0.39 is 76.7 Å². The van der Waals surface area contributed by atoms with Crippen LogP contribution in [0.5, 0.6) is 0 Å². The predicted molar refractivity (Wildman–Crippen MR) is 282 cm³/mol. The zero-order valence-electron chi connectivity index (χ0n) is 43.0. The Labute approximate surface area is 444 Å². The first-order valence-electron chi connectivity index (χ1n) is 26.1. The number of likely N-dealkylation sites (N-methyl/N-ethyl adjacent to an activating group) is 1. The molecule has 0 spiro atoms. The molecule has 2 aliphatic heterocycles. The number of carbonyl (C=O) groups is 8. The van der Waals surface area contributed by atoms with Gasteiger partial charge in [-0.15, -0.1) is 0 Å². The lowest BCUT2D eigenvalue weighted by atomic mass is 9.89. The van der Waals surface area contributed by atoms with Crippen LogP contribution in [0, 0.1) is 10.1 Å². The summed E-state index contributed by atoms with van der Waals surface area (Å²) >= 11 is 0. The van der Waals surface area contributed by atoms with Crippen molar-refractivity contribution in [2.24, 2.45) is 10.2 Å². The molecule has 2 heterocycles. The second-order valence-electron chi connectivity index (χ2n) is 19.7. The molecule has 4 aromatic carbocycles. The fraction of sp³-hybridized carbons (Fsp3) is 0.418. The number of hydrogen-bond donors (Lipinski definition) is 6. The monoisotopic (exact) mass is 1050 g/mol. The summed E-state index contributed by atoms with van der Waals surface area (Å²) < 4.78 is 5.50. The van der Waals surface area contributed by atoms with Gasteiger partial charge in [0.25, 0.3) is 35.2 Å². The molecule has 22 heteroatoms. The van der Waals surface area contributed by atoms with Crippen LogP contribution >= 0.6 is 0 Å². The summed E-state index contributed by atoms with van der Waals surface area (Å²) in [5, 5.41) is 37.2. The molecule has 0 unspecified atom stereocenters. The number of non-ortho nitro benzene ring substituents is 1. The van der Waals surface area contributed by atoms with Gasteiger partial charge in [-0.2, -0.15) is 10.2 Å². The zero-order valence-corrected chi connectivity index (χ0v) is 43.0. The Morgan fingerprint density at radius 3 is 1.61 bits per heavy atom. The van der Waals surface area contributed by atoms with Gasteiger partial charge in [0, 0.05) is 103 Å². The molecule has 6 atom stereocenters. The van der Waals surface area contributed by atoms with Crippen molar-refractivity contribution < 1.29 is 48.0 Å². The number of rotatable bonds is 14. The van der Waals surface area contributed by atoms with Crippen LogP contribution in [0.3, 0.4) is 0 Å². The second kappa shape index (κ2) is 25.3. The van der Waals surface area contributed by atoms with Crippen LogP contribution in [-0.4, -0.2) is 126 Å². The number of fused-ring (bicyclic) bond motifs is 6. The van der Waals surface area contributed by atoms with E-state index in [2.05, 4.69) is 42.1 Å². The summed E-state index contributed by atoms with van der Waals surface area (Å²) in [7, 11) is 0. The van der Waals surface area contributed by atoms with Crippen molar-refractivity contribution in [1.29, 1.82) is 0 Å². The third kappa shape index (κ3) is 14.4. The van der Waals surface area contributed by atoms with Crippen LogP contribution in [0.25, 0.3) is 0 Å². The molecule has 22 nitrogen and oxygen atoms in total. The molecule has 2 saturated carbocycles. The van der Waals surface area contributed by atoms with Crippen molar-refractivity contribution >= 4 is 70.1 Å². The third-order valence-corrected chi connectivity index (χ3v) is 14.4. The summed E-state index contributed by atoms with van der Waals surface area (Å²) in [5.41, 5.74) is 2.42. The molecule has 77 heavy (non-hydrogen) atoms. The Morgan fingerprint density at radius 1 is 0.662 bits per heavy atom. The molecule has 0 aromatic heterocycles. The van der Waals surface area contributed by atoms with Gasteiger partial charge in [-0.05, 0) is 105 Å². The molecule has 6 N–H and O–H groups in total. The average Bonchev–Trinajstić information content (AvgIpc) is 3.82. The van der Waals surface area contributed by atoms with Crippen molar-refractivity contribution in [2.75, 3.05) is 37.7 Å². The van der Waals surface area contributed by atoms with E-state index in [4.69, 9.17) is 4.74 Å². The lowest BCUT2D eigenvalue weighted by molar-refractivity contribution is -0.384. The maximum Gasteiger partial charge on any atom is 0.306 e. The van der Waals surface area contributed by atoms with Crippen LogP contribution < -0.4 is 36.8 Å². The maximum absolute atomic E-state index is 14.3. The number of hydrogen-bond acceptors (Lipinski definition) is 14. The Morgan fingerprint density at radius 2 is 1.13 bits per heavy atom. The number of anilines is 1. The quantitative estimate of drug-likeness (QED) is 0.0392. The highest BCUT2D eigenvalue weighted by atomic mass is 16.6. The van der Waals surface area contributed by atoms with E-state index in [0.717, 1.165) is 31.4 Å². The van der Waals surface area contributed by atoms with Gasteiger partial charge in [0.2, 0.25) is 11.8 Å². The number of nitrogens with zero attached hydrogens (tertiary/aromatic N) is 5. The number of azo groups is 1. The number of amides is 7. The van der Waals surface area contributed by atoms with Gasteiger partial charge in [-0.25, -0.2) is 0 Å². The Hall–Kier alpha value is -8.56. The first-order valence-corrected chi connectivity index (χ1v) is 26.1. The minimum Gasteiger partial charge on any atom is -0.464 e. The first kappa shape index (κ1) is 54.7. The van der Waals surface area contributed by atoms with Crippen LogP contribution in [0.2, 0.25) is 0 Å². The van der Waals surface area contributed by atoms with Crippen molar-refractivity contribution in [3.05, 3.63) is 129 Å². The Bertz CT molecular complexity index is 2830. The highest BCUT2D eigenvalue weighted by Crippen LogP contribution is 2.26. The van der Waals surface area contributed by atoms with E-state index in [0.29, 0.717) is 61.3 Å². The molecule has 404 valence electrons. The lowest BCUT2D eigenvalue weighted by Crippen LogP contribution is -2.54. The fourth-order valence-corrected chi connectivity index (χ4v) is 10.3. The maximum atomic E-state index is 14.3. The van der Waals surface area contributed by atoms with Gasteiger partial charge in [0.05, 0.1) is 41.3 Å². The van der Waals surface area contributed by atoms with Crippen LogP contribution in [-0.2, 0) is 19.1 Å². The van der Waals surface area contributed by atoms with E-state index in [1.54, 1.807) is 30.3 Å². The standard InChI is InChI=1S/C55H63N11O11/c1-3-64(41-19-15-39(16-20-41)62-63-40-17-21-42(22-18-40)66(75)76)25-26-77-50(69)24-23-49(68)65-31-47(56-33(2)67)48(32-65)61-55(74)38-29-36-28-37(30-38)54(73)60-46-14-7-5-12-44(46)58-52(71)35-10-8-9-34(27-35)51(70)57-43-11-4-6-13-45(43)59-53(36)72/h8-10,15-22,27-30,43-48H,3-7,11-14,23-26,31-32H2,1-2H3,(H,56,67)(H,57,70)(H,58,71)(H,59,72)(H,60,73)(H,61,74)/t43-,44-,45-,46-,47-,48-/m1/s1. The summed E-state index contributed by atoms with van der Waals surface area (Å²) in [5.74, 6) is -3.96. The minimum absolute atomic E-state index is 0.0199. The van der Waals surface area contributed by atoms with E-state index in [9.17, 15) is 48.5 Å². The van der Waals surface area contributed by atoms with Gasteiger partial charge in [0.1, 0.15) is 6.61 Å². The van der Waals surface area contributed by atoms with E-state index in [-0.39, 0.29) is 66.7 Å². The van der Waals surface area contributed by atoms with E-state index in [1.165, 1.54) is 60.4 Å². The SMILES string of the molecule is CCN(CCOC(=O)CCC(=O)N1C[C@@H](NC(C)=O)[C@H](NC(=O)c2cc3cc(c2)C(=O)N[C@@H]2CCCC[C@H]2NC(=O)c2cccc(c2)C(=O)N[C@@H]2CCCC[C@H]2NC3=O)C1)c1ccc(N=Nc2ccc([N+](=O)[O-])cc2)cc1. The van der Waals surface area contributed by atoms with Crippen LogP contribution in [0.15, 0.2) is 101 Å². The molecule has 4 bridgehead atoms. The fourth-order valence-electron chi connectivity index (χ4n) is 10.3. The number of carbonyl (C=O) groups excluding carboxylic acids is 8. The summed E-state index contributed by atoms with van der Waals surface area (Å²) in [6.45, 7) is 4.28. The van der Waals surface area contributed by atoms with Gasteiger partial charge in [-0.1, -0.05) is 31.7 Å². The highest BCUT2D eigenvalue weighted by Gasteiger charge is 2.38. The van der Waals surface area contributed by atoms with E-state index in [1.807, 2.05) is 24.0 Å².